The van der Waals surface area contributed by atoms with E-state index >= 15 is 0 Å². The molecule has 2 aromatic heterocycles. The fourth-order valence-corrected chi connectivity index (χ4v) is 2.60. The first-order valence-corrected chi connectivity index (χ1v) is 7.13. The number of oxazole rings is 1. The molecule has 2 N–H and O–H groups in total. The van der Waals surface area contributed by atoms with Gasteiger partial charge in [-0.2, -0.15) is 4.98 Å². The molecule has 0 bridgehead atoms. The van der Waals surface area contributed by atoms with E-state index in [2.05, 4.69) is 27.1 Å². The molecule has 108 valence electrons. The molecule has 1 aliphatic heterocycles. The molecule has 1 fully saturated rings. The van der Waals surface area contributed by atoms with Gasteiger partial charge in [0.05, 0.1) is 12.1 Å². The Morgan fingerprint density at radius 3 is 3.15 bits per heavy atom. The standard InChI is InChI=1S/C13H17ClN4O2/c1-2-18-6-5-9(19)8(7-18)15-13-17-12-10(20-13)3-4-11(14)16-12/h3-4,8-9,19H,2,5-7H2,1H3,(H,15,16,17). The third-order valence-corrected chi connectivity index (χ3v) is 3.85. The van der Waals surface area contributed by atoms with Gasteiger partial charge in [0.1, 0.15) is 5.15 Å². The highest BCUT2D eigenvalue weighted by Gasteiger charge is 2.28. The highest BCUT2D eigenvalue weighted by Crippen LogP contribution is 2.21. The summed E-state index contributed by atoms with van der Waals surface area (Å²) in [5.74, 6) is 0. The Bertz CT molecular complexity index is 603. The van der Waals surface area contributed by atoms with Crippen LogP contribution in [0, 0.1) is 0 Å². The molecule has 6 nitrogen and oxygen atoms in total. The van der Waals surface area contributed by atoms with Crippen molar-refractivity contribution in [1.29, 1.82) is 0 Å². The molecule has 0 aromatic carbocycles. The number of aliphatic hydroxyl groups excluding tert-OH is 1. The van der Waals surface area contributed by atoms with Crippen LogP contribution in [0.5, 0.6) is 0 Å². The number of halogens is 1. The number of pyridine rings is 1. The minimum absolute atomic E-state index is 0.0905. The third-order valence-electron chi connectivity index (χ3n) is 3.64. The predicted molar refractivity (Wildman–Crippen MR) is 77.0 cm³/mol. The molecule has 2 atom stereocenters. The zero-order chi connectivity index (χ0) is 14.1. The van der Waals surface area contributed by atoms with Crippen LogP contribution in [0.4, 0.5) is 6.01 Å². The molecule has 0 spiro atoms. The van der Waals surface area contributed by atoms with Crippen molar-refractivity contribution in [3.05, 3.63) is 17.3 Å². The number of fused-ring (bicyclic) bond motifs is 1. The van der Waals surface area contributed by atoms with Crippen molar-refractivity contribution in [1.82, 2.24) is 14.9 Å². The minimum Gasteiger partial charge on any atom is -0.422 e. The van der Waals surface area contributed by atoms with Crippen LogP contribution in [0.3, 0.4) is 0 Å². The summed E-state index contributed by atoms with van der Waals surface area (Å²) in [5, 5.41) is 13.6. The van der Waals surface area contributed by atoms with Crippen LogP contribution in [0.25, 0.3) is 11.2 Å². The van der Waals surface area contributed by atoms with Gasteiger partial charge in [-0.1, -0.05) is 18.5 Å². The van der Waals surface area contributed by atoms with E-state index in [1.807, 2.05) is 0 Å². The zero-order valence-corrected chi connectivity index (χ0v) is 12.0. The molecule has 2 aromatic rings. The summed E-state index contributed by atoms with van der Waals surface area (Å²) in [5.41, 5.74) is 1.05. The number of rotatable bonds is 3. The summed E-state index contributed by atoms with van der Waals surface area (Å²) in [7, 11) is 0. The summed E-state index contributed by atoms with van der Waals surface area (Å²) in [6, 6.07) is 3.68. The number of aromatic nitrogens is 2. The maximum atomic E-state index is 10.1. The molecular weight excluding hydrogens is 280 g/mol. The van der Waals surface area contributed by atoms with Crippen molar-refractivity contribution in [2.24, 2.45) is 0 Å². The van der Waals surface area contributed by atoms with Crippen molar-refractivity contribution < 1.29 is 9.52 Å². The molecule has 20 heavy (non-hydrogen) atoms. The molecular formula is C13H17ClN4O2. The van der Waals surface area contributed by atoms with E-state index < -0.39 is 6.10 Å². The predicted octanol–water partition coefficient (Wildman–Crippen LogP) is 1.74. The normalized spacial score (nSPS) is 24.1. The van der Waals surface area contributed by atoms with Gasteiger partial charge in [0.15, 0.2) is 5.58 Å². The first-order valence-electron chi connectivity index (χ1n) is 6.75. The highest BCUT2D eigenvalue weighted by molar-refractivity contribution is 6.29. The Morgan fingerprint density at radius 1 is 1.50 bits per heavy atom. The monoisotopic (exact) mass is 296 g/mol. The zero-order valence-electron chi connectivity index (χ0n) is 11.2. The molecule has 0 aliphatic carbocycles. The molecule has 7 heteroatoms. The van der Waals surface area contributed by atoms with E-state index in [1.54, 1.807) is 12.1 Å². The van der Waals surface area contributed by atoms with Crippen molar-refractivity contribution in [2.75, 3.05) is 25.0 Å². The SMILES string of the molecule is CCN1CCC(O)C(Nc2nc3nc(Cl)ccc3o2)C1. The third kappa shape index (κ3) is 2.72. The average Bonchev–Trinajstić information content (AvgIpc) is 2.82. The van der Waals surface area contributed by atoms with Gasteiger partial charge in [-0.15, -0.1) is 0 Å². The number of hydrogen-bond acceptors (Lipinski definition) is 6. The summed E-state index contributed by atoms with van der Waals surface area (Å²) < 4.78 is 5.57. The lowest BCUT2D eigenvalue weighted by atomic mass is 10.0. The number of anilines is 1. The lowest BCUT2D eigenvalue weighted by Crippen LogP contribution is -2.50. The number of nitrogens with zero attached hydrogens (tertiary/aromatic N) is 3. The maximum Gasteiger partial charge on any atom is 0.297 e. The van der Waals surface area contributed by atoms with Crippen LogP contribution in [-0.4, -0.2) is 51.8 Å². The Hall–Kier alpha value is -1.37. The second kappa shape index (κ2) is 5.55. The Labute approximate surface area is 121 Å². The number of piperidine rings is 1. The van der Waals surface area contributed by atoms with Gasteiger partial charge in [0.2, 0.25) is 5.65 Å². The van der Waals surface area contributed by atoms with Crippen molar-refractivity contribution in [3.8, 4) is 0 Å². The number of likely N-dealkylation sites (N-methyl/N-ethyl adjacent to an activating group) is 1. The summed E-state index contributed by atoms with van der Waals surface area (Å²) in [6.07, 6.45) is 0.347. The van der Waals surface area contributed by atoms with Gasteiger partial charge < -0.3 is 19.7 Å². The smallest absolute Gasteiger partial charge is 0.297 e. The molecule has 3 heterocycles. The van der Waals surface area contributed by atoms with E-state index in [9.17, 15) is 5.11 Å². The second-order valence-corrected chi connectivity index (χ2v) is 5.36. The van der Waals surface area contributed by atoms with E-state index in [-0.39, 0.29) is 6.04 Å². The topological polar surface area (TPSA) is 74.4 Å². The second-order valence-electron chi connectivity index (χ2n) is 4.97. The number of aliphatic hydroxyl groups is 1. The fourth-order valence-electron chi connectivity index (χ4n) is 2.45. The molecule has 1 aliphatic rings. The van der Waals surface area contributed by atoms with Crippen LogP contribution in [0.15, 0.2) is 16.5 Å². The van der Waals surface area contributed by atoms with Crippen LogP contribution in [0.1, 0.15) is 13.3 Å². The summed E-state index contributed by atoms with van der Waals surface area (Å²) in [6.45, 7) is 4.76. The average molecular weight is 297 g/mol. The number of hydrogen-bond donors (Lipinski definition) is 2. The van der Waals surface area contributed by atoms with Gasteiger partial charge in [-0.25, -0.2) is 4.98 Å². The van der Waals surface area contributed by atoms with E-state index in [4.69, 9.17) is 16.0 Å². The van der Waals surface area contributed by atoms with Crippen molar-refractivity contribution >= 4 is 28.8 Å². The molecule has 0 amide bonds. The van der Waals surface area contributed by atoms with Gasteiger partial charge >= 0.3 is 0 Å². The van der Waals surface area contributed by atoms with E-state index in [0.717, 1.165) is 26.1 Å². The molecule has 3 rings (SSSR count). The first-order chi connectivity index (χ1) is 9.65. The van der Waals surface area contributed by atoms with Crippen LogP contribution < -0.4 is 5.32 Å². The Balaban J connectivity index is 1.77. The first kappa shape index (κ1) is 13.6. The van der Waals surface area contributed by atoms with E-state index in [1.165, 1.54) is 0 Å². The quantitative estimate of drug-likeness (QED) is 0.841. The van der Waals surface area contributed by atoms with Crippen LogP contribution in [-0.2, 0) is 0 Å². The number of likely N-dealkylation sites (tertiary alicyclic amines) is 1. The Kier molecular flexibility index (Phi) is 3.78. The van der Waals surface area contributed by atoms with Crippen LogP contribution in [0.2, 0.25) is 5.15 Å². The van der Waals surface area contributed by atoms with Gasteiger partial charge in [-0.3, -0.25) is 0 Å². The number of nitrogens with one attached hydrogen (secondary N) is 1. The molecule has 0 saturated carbocycles. The molecule has 2 unspecified atom stereocenters. The molecule has 1 saturated heterocycles. The lowest BCUT2D eigenvalue weighted by molar-refractivity contribution is 0.0715. The van der Waals surface area contributed by atoms with Crippen molar-refractivity contribution in [2.45, 2.75) is 25.5 Å². The lowest BCUT2D eigenvalue weighted by Gasteiger charge is -2.35. The van der Waals surface area contributed by atoms with Crippen LogP contribution >= 0.6 is 11.6 Å². The largest absolute Gasteiger partial charge is 0.422 e. The molecule has 0 radical (unpaired) electrons. The highest BCUT2D eigenvalue weighted by atomic mass is 35.5. The summed E-state index contributed by atoms with van der Waals surface area (Å²) >= 11 is 5.82. The van der Waals surface area contributed by atoms with E-state index in [0.29, 0.717) is 22.4 Å². The van der Waals surface area contributed by atoms with Gasteiger partial charge in [0, 0.05) is 13.1 Å². The van der Waals surface area contributed by atoms with Gasteiger partial charge in [0.25, 0.3) is 6.01 Å². The van der Waals surface area contributed by atoms with Gasteiger partial charge in [-0.05, 0) is 25.1 Å². The maximum absolute atomic E-state index is 10.1. The Morgan fingerprint density at radius 2 is 2.35 bits per heavy atom. The fraction of sp³-hybridized carbons (Fsp3) is 0.538. The van der Waals surface area contributed by atoms with Crippen molar-refractivity contribution in [3.63, 3.8) is 0 Å². The summed E-state index contributed by atoms with van der Waals surface area (Å²) in [4.78, 5) is 10.6. The minimum atomic E-state index is -0.399.